The molecule has 0 aliphatic carbocycles. The molecule has 1 N–H and O–H groups in total. The third-order valence-electron chi connectivity index (χ3n) is 7.42. The SMILES string of the molecule is CC(/C=C/C=C(C)/C=C/c1c(C)ccc(C)c1C)=C\C=C\C=C(C)\C=C\C=C(C)\C=C\c1c(C)cc(O)c(C)c1C. The Labute approximate surface area is 249 Å². The second kappa shape index (κ2) is 16.2. The Kier molecular flexibility index (Phi) is 13.1. The highest BCUT2D eigenvalue weighted by Gasteiger charge is 2.07. The minimum absolute atomic E-state index is 0.362. The lowest BCUT2D eigenvalue weighted by atomic mass is 9.96. The average Bonchev–Trinajstić information content (AvgIpc) is 2.92. The summed E-state index contributed by atoms with van der Waals surface area (Å²) in [5.41, 5.74) is 14.4. The molecular formula is C40H48O. The van der Waals surface area contributed by atoms with E-state index in [1.807, 2.05) is 19.9 Å². The number of aromatic hydroxyl groups is 1. The second-order valence-electron chi connectivity index (χ2n) is 11.0. The van der Waals surface area contributed by atoms with Gasteiger partial charge in [-0.2, -0.15) is 0 Å². The summed E-state index contributed by atoms with van der Waals surface area (Å²) in [6.45, 7) is 21.0. The van der Waals surface area contributed by atoms with Crippen LogP contribution < -0.4 is 0 Å². The van der Waals surface area contributed by atoms with Crippen molar-refractivity contribution in [3.63, 3.8) is 0 Å². The minimum atomic E-state index is 0.362. The molecule has 214 valence electrons. The van der Waals surface area contributed by atoms with Gasteiger partial charge in [-0.1, -0.05) is 119 Å². The normalized spacial score (nSPS) is 14.3. The van der Waals surface area contributed by atoms with Crippen LogP contribution in [0.25, 0.3) is 12.2 Å². The first-order valence-electron chi connectivity index (χ1n) is 14.3. The average molecular weight is 545 g/mol. The van der Waals surface area contributed by atoms with Crippen LogP contribution in [0, 0.1) is 41.5 Å². The largest absolute Gasteiger partial charge is 0.508 e. The maximum absolute atomic E-state index is 10.0. The fraction of sp³-hybridized carbons (Fsp3) is 0.250. The Morgan fingerprint density at radius 1 is 0.488 bits per heavy atom. The van der Waals surface area contributed by atoms with Gasteiger partial charge in [0.1, 0.15) is 5.75 Å². The minimum Gasteiger partial charge on any atom is -0.508 e. The van der Waals surface area contributed by atoms with E-state index in [0.29, 0.717) is 5.75 Å². The van der Waals surface area contributed by atoms with Gasteiger partial charge in [0.2, 0.25) is 0 Å². The number of allylic oxidation sites excluding steroid dienone is 16. The van der Waals surface area contributed by atoms with Crippen LogP contribution in [0.1, 0.15) is 72.2 Å². The number of aryl methyl sites for hydroxylation is 3. The third-order valence-corrected chi connectivity index (χ3v) is 7.42. The predicted octanol–water partition coefficient (Wildman–Crippen LogP) is 11.4. The van der Waals surface area contributed by atoms with E-state index in [-0.39, 0.29) is 0 Å². The molecule has 0 saturated carbocycles. The maximum Gasteiger partial charge on any atom is 0.119 e. The van der Waals surface area contributed by atoms with E-state index in [1.165, 1.54) is 50.1 Å². The van der Waals surface area contributed by atoms with Gasteiger partial charge in [0, 0.05) is 0 Å². The van der Waals surface area contributed by atoms with E-state index >= 15 is 0 Å². The van der Waals surface area contributed by atoms with E-state index in [4.69, 9.17) is 0 Å². The standard InChI is InChI=1S/C40H48O/c1-28(17-13-19-30(3)21-25-38-33(6)24-23-32(5)35(38)8)15-11-12-16-29(2)18-14-20-31(4)22-26-39-34(7)27-40(41)37(10)36(39)9/h11-27,41H,1-10H3/b12-11+,17-13+,18-14+,25-21+,26-22+,28-15+,29-16+,30-19+,31-20+. The number of benzene rings is 2. The highest BCUT2D eigenvalue weighted by molar-refractivity contribution is 5.64. The van der Waals surface area contributed by atoms with E-state index < -0.39 is 0 Å². The van der Waals surface area contributed by atoms with Crippen molar-refractivity contribution in [2.45, 2.75) is 69.2 Å². The Hall–Kier alpha value is -4.10. The van der Waals surface area contributed by atoms with E-state index in [1.54, 1.807) is 0 Å². The Morgan fingerprint density at radius 2 is 0.902 bits per heavy atom. The van der Waals surface area contributed by atoms with E-state index in [2.05, 4.69) is 153 Å². The summed E-state index contributed by atoms with van der Waals surface area (Å²) in [5, 5.41) is 10.0. The van der Waals surface area contributed by atoms with Crippen molar-refractivity contribution in [2.24, 2.45) is 0 Å². The highest BCUT2D eigenvalue weighted by Crippen LogP contribution is 2.27. The summed E-state index contributed by atoms with van der Waals surface area (Å²) in [6, 6.07) is 6.21. The van der Waals surface area contributed by atoms with Gasteiger partial charge in [-0.05, 0) is 120 Å². The van der Waals surface area contributed by atoms with Gasteiger partial charge in [-0.15, -0.1) is 0 Å². The van der Waals surface area contributed by atoms with Crippen molar-refractivity contribution >= 4 is 12.2 Å². The quantitative estimate of drug-likeness (QED) is 0.295. The van der Waals surface area contributed by atoms with Gasteiger partial charge in [-0.3, -0.25) is 0 Å². The van der Waals surface area contributed by atoms with Crippen LogP contribution in [0.15, 0.2) is 113 Å². The van der Waals surface area contributed by atoms with Crippen molar-refractivity contribution in [1.29, 1.82) is 0 Å². The lowest BCUT2D eigenvalue weighted by Crippen LogP contribution is -1.91. The van der Waals surface area contributed by atoms with Crippen LogP contribution in [-0.4, -0.2) is 5.11 Å². The fourth-order valence-electron chi connectivity index (χ4n) is 4.34. The van der Waals surface area contributed by atoms with Crippen LogP contribution in [0.2, 0.25) is 0 Å². The van der Waals surface area contributed by atoms with Crippen molar-refractivity contribution in [3.8, 4) is 5.75 Å². The first kappa shape index (κ1) is 33.1. The Morgan fingerprint density at radius 3 is 1.41 bits per heavy atom. The van der Waals surface area contributed by atoms with E-state index in [0.717, 1.165) is 16.7 Å². The zero-order valence-corrected chi connectivity index (χ0v) is 26.8. The molecule has 0 unspecified atom stereocenters. The molecule has 2 rings (SSSR count). The summed E-state index contributed by atoms with van der Waals surface area (Å²) in [4.78, 5) is 0. The van der Waals surface area contributed by atoms with Crippen LogP contribution in [0.4, 0.5) is 0 Å². The molecule has 0 aliphatic heterocycles. The lowest BCUT2D eigenvalue weighted by molar-refractivity contribution is 0.470. The van der Waals surface area contributed by atoms with E-state index in [9.17, 15) is 5.11 Å². The van der Waals surface area contributed by atoms with Gasteiger partial charge in [0.25, 0.3) is 0 Å². The Balaban J connectivity index is 1.93. The lowest BCUT2D eigenvalue weighted by Gasteiger charge is -2.10. The van der Waals surface area contributed by atoms with Crippen LogP contribution in [-0.2, 0) is 0 Å². The van der Waals surface area contributed by atoms with Crippen molar-refractivity contribution in [1.82, 2.24) is 0 Å². The number of hydrogen-bond acceptors (Lipinski definition) is 1. The molecule has 0 bridgehead atoms. The van der Waals surface area contributed by atoms with Crippen molar-refractivity contribution in [2.75, 3.05) is 0 Å². The first-order chi connectivity index (χ1) is 19.4. The molecule has 1 nitrogen and oxygen atoms in total. The predicted molar refractivity (Wildman–Crippen MR) is 183 cm³/mol. The molecule has 0 saturated heterocycles. The third kappa shape index (κ3) is 10.8. The zero-order valence-electron chi connectivity index (χ0n) is 26.8. The van der Waals surface area contributed by atoms with Crippen LogP contribution in [0.3, 0.4) is 0 Å². The molecule has 0 aliphatic rings. The van der Waals surface area contributed by atoms with Gasteiger partial charge >= 0.3 is 0 Å². The molecule has 0 radical (unpaired) electrons. The number of phenolic OH excluding ortho intramolecular Hbond substituents is 1. The molecule has 2 aromatic carbocycles. The molecular weight excluding hydrogens is 496 g/mol. The molecule has 0 amide bonds. The molecule has 0 spiro atoms. The maximum atomic E-state index is 10.0. The molecule has 1 heteroatoms. The topological polar surface area (TPSA) is 20.2 Å². The molecule has 2 aromatic rings. The van der Waals surface area contributed by atoms with Crippen LogP contribution >= 0.6 is 0 Å². The highest BCUT2D eigenvalue weighted by atomic mass is 16.3. The monoisotopic (exact) mass is 544 g/mol. The van der Waals surface area contributed by atoms with Crippen LogP contribution in [0.5, 0.6) is 5.75 Å². The summed E-state index contributed by atoms with van der Waals surface area (Å²) in [7, 11) is 0. The molecule has 0 atom stereocenters. The Bertz CT molecular complexity index is 1500. The first-order valence-corrected chi connectivity index (χ1v) is 14.3. The molecule has 0 fully saturated rings. The van der Waals surface area contributed by atoms with Gasteiger partial charge in [-0.25, -0.2) is 0 Å². The van der Waals surface area contributed by atoms with Gasteiger partial charge < -0.3 is 5.11 Å². The number of rotatable bonds is 10. The van der Waals surface area contributed by atoms with Gasteiger partial charge in [0.05, 0.1) is 0 Å². The number of phenols is 1. The molecule has 41 heavy (non-hydrogen) atoms. The molecule has 0 aromatic heterocycles. The smallest absolute Gasteiger partial charge is 0.119 e. The summed E-state index contributed by atoms with van der Waals surface area (Å²) in [6.07, 6.45) is 29.7. The van der Waals surface area contributed by atoms with Crippen molar-refractivity contribution in [3.05, 3.63) is 158 Å². The van der Waals surface area contributed by atoms with Gasteiger partial charge in [0.15, 0.2) is 0 Å². The summed E-state index contributed by atoms with van der Waals surface area (Å²) >= 11 is 0. The molecule has 0 heterocycles. The van der Waals surface area contributed by atoms with Crippen molar-refractivity contribution < 1.29 is 5.11 Å². The second-order valence-corrected chi connectivity index (χ2v) is 11.0. The zero-order chi connectivity index (χ0) is 30.5. The number of hydrogen-bond donors (Lipinski definition) is 1. The summed E-state index contributed by atoms with van der Waals surface area (Å²) < 4.78 is 0. The summed E-state index contributed by atoms with van der Waals surface area (Å²) in [5.74, 6) is 0.362. The fourth-order valence-corrected chi connectivity index (χ4v) is 4.34.